The molecular formula is C22H30BN10O12P2-. The average molecular weight is 699 g/mol. The van der Waals surface area contributed by atoms with Gasteiger partial charge in [-0.25, -0.2) is 24.5 Å². The Kier molecular flexibility index (Phi) is 8.21. The molecule has 7 N–H and O–H groups in total. The topological polar surface area (TPSA) is 298 Å². The van der Waals surface area contributed by atoms with E-state index in [1.807, 2.05) is 0 Å². The van der Waals surface area contributed by atoms with Crippen molar-refractivity contribution in [3.05, 3.63) is 29.3 Å². The normalized spacial score (nSPS) is 36.6. The number of nitrogens with zero attached hydrogens (tertiary/aromatic N) is 7. The van der Waals surface area contributed by atoms with E-state index in [1.165, 1.54) is 28.1 Å². The Morgan fingerprint density at radius 1 is 1.00 bits per heavy atom. The van der Waals surface area contributed by atoms with Crippen LogP contribution in [0.2, 0.25) is 0 Å². The zero-order valence-corrected chi connectivity index (χ0v) is 25.4. The molecule has 0 amide bonds. The maximum atomic E-state index is 14.0. The Labute approximate surface area is 264 Å². The fraction of sp³-hybridized carbons (Fsp3) is 0.545. The molecule has 3 aliphatic heterocycles. The van der Waals surface area contributed by atoms with Gasteiger partial charge >= 0.3 is 7.82 Å². The second kappa shape index (κ2) is 12.0. The summed E-state index contributed by atoms with van der Waals surface area (Å²) in [6, 6.07) is 0. The molecular weight excluding hydrogens is 669 g/mol. The van der Waals surface area contributed by atoms with Crippen LogP contribution in [-0.2, 0) is 41.4 Å². The first-order valence-electron chi connectivity index (χ1n) is 13.7. The number of nitrogens with two attached hydrogens (primary N) is 2. The number of nitrogens with one attached hydrogen (secondary N) is 1. The van der Waals surface area contributed by atoms with E-state index in [9.17, 15) is 23.9 Å². The third-order valence-corrected chi connectivity index (χ3v) is 9.31. The molecule has 47 heavy (non-hydrogen) atoms. The number of anilines is 2. The molecule has 0 aromatic carbocycles. The van der Waals surface area contributed by atoms with E-state index in [2.05, 4.69) is 29.9 Å². The predicted octanol–water partition coefficient (Wildman–Crippen LogP) is -1.92. The number of aromatic nitrogens is 8. The Morgan fingerprint density at radius 2 is 1.70 bits per heavy atom. The highest BCUT2D eigenvalue weighted by atomic mass is 31.2. The van der Waals surface area contributed by atoms with Gasteiger partial charge in [-0.3, -0.25) is 28.0 Å². The molecule has 7 rings (SSSR count). The van der Waals surface area contributed by atoms with Crippen LogP contribution in [0.15, 0.2) is 23.8 Å². The Morgan fingerprint density at radius 3 is 2.47 bits per heavy atom. The van der Waals surface area contributed by atoms with Gasteiger partial charge in [0.25, 0.3) is 5.56 Å². The second-order valence-corrected chi connectivity index (χ2v) is 12.6. The van der Waals surface area contributed by atoms with Crippen LogP contribution in [0.4, 0.5) is 11.8 Å². The average Bonchev–Trinajstić information content (AvgIpc) is 3.76. The number of fused-ring (bicyclic) bond motifs is 5. The molecule has 4 aromatic heterocycles. The molecule has 0 spiro atoms. The van der Waals surface area contributed by atoms with Crippen LogP contribution in [-0.4, -0.2) is 113 Å². The van der Waals surface area contributed by atoms with Gasteiger partial charge in [0.15, 0.2) is 35.1 Å². The highest BCUT2D eigenvalue weighted by Crippen LogP contribution is 2.54. The van der Waals surface area contributed by atoms with Gasteiger partial charge in [0.1, 0.15) is 55.9 Å². The van der Waals surface area contributed by atoms with Crippen molar-refractivity contribution in [2.45, 2.75) is 56.0 Å². The summed E-state index contributed by atoms with van der Waals surface area (Å²) in [6.45, 7) is 0.797. The number of nitrogen functional groups attached to an aromatic ring is 2. The first-order valence-corrected chi connectivity index (χ1v) is 16.3. The highest BCUT2D eigenvalue weighted by molar-refractivity contribution is 7.79. The van der Waals surface area contributed by atoms with Gasteiger partial charge in [-0.05, 0) is 6.92 Å². The predicted molar refractivity (Wildman–Crippen MR) is 161 cm³/mol. The molecule has 2 bridgehead atoms. The second-order valence-electron chi connectivity index (χ2n) is 10.3. The number of aromatic amines is 1. The molecule has 0 saturated carbocycles. The minimum atomic E-state index is -4.95. The number of aliphatic hydroxyl groups excluding tert-OH is 1. The van der Waals surface area contributed by atoms with Crippen molar-refractivity contribution in [3.8, 4) is 0 Å². The number of phosphoric ester groups is 1. The quantitative estimate of drug-likeness (QED) is 0.114. The first kappa shape index (κ1) is 32.2. The number of phosphoric acid groups is 1. The lowest BCUT2D eigenvalue weighted by atomic mass is 10.1. The summed E-state index contributed by atoms with van der Waals surface area (Å²) in [6.07, 6.45) is -6.22. The van der Waals surface area contributed by atoms with Crippen molar-refractivity contribution < 1.29 is 51.4 Å². The van der Waals surface area contributed by atoms with E-state index in [1.54, 1.807) is 6.92 Å². The van der Waals surface area contributed by atoms with Gasteiger partial charge in [0, 0.05) is 6.61 Å². The summed E-state index contributed by atoms with van der Waals surface area (Å²) in [5.74, 6) is -0.0969. The SMILES string of the molecule is [BH3-]P1(=O)OC[C@H]2O[C@@H](n3cnc4c(N)ncnc43)C(O)[C@H]2OP(=O)(O)OC[C@H]2O[C@@H](n3cnc4c(=O)[nH]c(N)nc43)[C@@H](O1)C2OCC. The summed E-state index contributed by atoms with van der Waals surface area (Å²) in [5, 5.41) is 11.3. The van der Waals surface area contributed by atoms with E-state index in [0.29, 0.717) is 0 Å². The van der Waals surface area contributed by atoms with Crippen LogP contribution in [0.25, 0.3) is 22.3 Å². The molecule has 22 nitrogen and oxygen atoms in total. The fourth-order valence-corrected chi connectivity index (χ4v) is 7.30. The van der Waals surface area contributed by atoms with Crippen molar-refractivity contribution in [1.29, 1.82) is 0 Å². The molecule has 3 fully saturated rings. The van der Waals surface area contributed by atoms with Crippen molar-refractivity contribution >= 4 is 57.0 Å². The lowest BCUT2D eigenvalue weighted by Crippen LogP contribution is -2.38. The minimum Gasteiger partial charge on any atom is -0.386 e. The number of imidazole rings is 2. The first-order chi connectivity index (χ1) is 22.4. The molecule has 4 aromatic rings. The van der Waals surface area contributed by atoms with E-state index in [-0.39, 0.29) is 40.7 Å². The number of aliphatic hydroxyl groups is 1. The molecule has 4 unspecified atom stereocenters. The van der Waals surface area contributed by atoms with E-state index in [4.69, 9.17) is 43.8 Å². The summed E-state index contributed by atoms with van der Waals surface area (Å²) in [7, 11) is -9.99. The minimum absolute atomic E-state index is 0.0409. The molecule has 10 atom stereocenters. The molecule has 25 heteroatoms. The van der Waals surface area contributed by atoms with Gasteiger partial charge < -0.3 is 49.3 Å². The third-order valence-electron chi connectivity index (χ3n) is 7.55. The van der Waals surface area contributed by atoms with Gasteiger partial charge in [-0.15, -0.1) is 0 Å². The van der Waals surface area contributed by atoms with Crippen molar-refractivity contribution in [2.24, 2.45) is 0 Å². The number of hydrogen-bond acceptors (Lipinski definition) is 18. The van der Waals surface area contributed by atoms with E-state index in [0.717, 1.165) is 0 Å². The Hall–Kier alpha value is -3.34. The number of hydrogen-bond donors (Lipinski definition) is 5. The van der Waals surface area contributed by atoms with Crippen LogP contribution >= 0.6 is 15.3 Å². The van der Waals surface area contributed by atoms with Crippen molar-refractivity contribution in [1.82, 2.24) is 39.0 Å². The zero-order valence-electron chi connectivity index (χ0n) is 23.6. The van der Waals surface area contributed by atoms with Crippen LogP contribution < -0.4 is 17.0 Å². The third kappa shape index (κ3) is 5.87. The van der Waals surface area contributed by atoms with Crippen molar-refractivity contribution in [3.63, 3.8) is 0 Å². The molecule has 7 heterocycles. The Balaban J connectivity index is 1.23. The van der Waals surface area contributed by atoms with E-state index < -0.39 is 90.7 Å². The number of ether oxygens (including phenoxy) is 3. The van der Waals surface area contributed by atoms with Crippen LogP contribution in [0.5, 0.6) is 0 Å². The monoisotopic (exact) mass is 699 g/mol. The van der Waals surface area contributed by atoms with E-state index >= 15 is 0 Å². The van der Waals surface area contributed by atoms with Gasteiger partial charge in [-0.2, -0.15) is 4.98 Å². The summed E-state index contributed by atoms with van der Waals surface area (Å²) >= 11 is 0. The van der Waals surface area contributed by atoms with Gasteiger partial charge in [0.2, 0.25) is 5.95 Å². The lowest BCUT2D eigenvalue weighted by molar-refractivity contribution is -0.0651. The largest absolute Gasteiger partial charge is 0.472 e. The number of rotatable bonds is 4. The molecule has 254 valence electrons. The summed E-state index contributed by atoms with van der Waals surface area (Å²) in [4.78, 5) is 46.1. The maximum Gasteiger partial charge on any atom is 0.472 e. The fourth-order valence-electron chi connectivity index (χ4n) is 5.59. The molecule has 3 aliphatic rings. The van der Waals surface area contributed by atoms with Crippen LogP contribution in [0.1, 0.15) is 19.4 Å². The van der Waals surface area contributed by atoms with Crippen LogP contribution in [0.3, 0.4) is 0 Å². The summed E-state index contributed by atoms with van der Waals surface area (Å²) in [5.41, 5.74) is 11.5. The van der Waals surface area contributed by atoms with Crippen LogP contribution in [0, 0.1) is 0 Å². The summed E-state index contributed by atoms with van der Waals surface area (Å²) < 4.78 is 71.0. The number of H-pyrrole nitrogens is 1. The molecule has 0 radical (unpaired) electrons. The molecule has 3 saturated heterocycles. The van der Waals surface area contributed by atoms with Gasteiger partial charge in [0.05, 0.1) is 33.4 Å². The maximum absolute atomic E-state index is 14.0. The standard InChI is InChI=1S/C22H30BN10O12P2/c1-2-39-14-9-4-41-47(37,38)45-13-8(42-20(12(13)34)32-6-28-10-16(24)26-5-27-17(10)32)3-40-46(23,36)44-15(14)21(43-9)33-7-29-11-18(33)30-22(25)31-19(11)35/h5-9,12-15,20-21,34H,2-4H2,1,23H3,(H,37,38)(H2,24,26,27)(H3,25,30,31,35)/q-1/t8-,9-,12?,13+,14?,15+,20-,21-,46?/m1/s1. The zero-order chi connectivity index (χ0) is 33.2. The van der Waals surface area contributed by atoms with Gasteiger partial charge in [-0.1, -0.05) is 0 Å². The smallest absolute Gasteiger partial charge is 0.386 e. The lowest BCUT2D eigenvalue weighted by Gasteiger charge is -2.31. The molecule has 0 aliphatic carbocycles. The Bertz CT molecular complexity index is 1980. The highest BCUT2D eigenvalue weighted by Gasteiger charge is 2.53. The van der Waals surface area contributed by atoms with Crippen molar-refractivity contribution in [2.75, 3.05) is 31.3 Å².